The predicted octanol–water partition coefficient (Wildman–Crippen LogP) is 13.5. The molecule has 248 valence electrons. The van der Waals surface area contributed by atoms with Gasteiger partial charge in [0.05, 0.1) is 38.0 Å². The highest BCUT2D eigenvalue weighted by Crippen LogP contribution is 2.41. The molecule has 0 fully saturated rings. The second-order valence-electron chi connectivity index (χ2n) is 13.6. The largest absolute Gasteiger partial charge is 0.309 e. The molecule has 0 aliphatic rings. The zero-order valence-electron chi connectivity index (χ0n) is 28.6. The summed E-state index contributed by atoms with van der Waals surface area (Å²) in [4.78, 5) is 5.05. The zero-order chi connectivity index (χ0) is 34.9. The third-order valence-corrected chi connectivity index (χ3v) is 11.7. The average Bonchev–Trinajstić information content (AvgIpc) is 3.91. The second-order valence-corrected chi connectivity index (χ2v) is 14.6. The van der Waals surface area contributed by atoms with Crippen LogP contribution in [0.4, 0.5) is 0 Å². The maximum Gasteiger partial charge on any atom is 0.126 e. The molecule has 0 N–H and O–H groups in total. The summed E-state index contributed by atoms with van der Waals surface area (Å²) in [6, 6.07) is 67.9. The van der Waals surface area contributed by atoms with Gasteiger partial charge >= 0.3 is 0 Å². The van der Waals surface area contributed by atoms with Gasteiger partial charge in [0.15, 0.2) is 0 Å². The summed E-state index contributed by atoms with van der Waals surface area (Å²) in [5.74, 6) is 0. The van der Waals surface area contributed by atoms with Crippen LogP contribution in [0.3, 0.4) is 0 Å². The van der Waals surface area contributed by atoms with Crippen LogP contribution in [-0.2, 0) is 0 Å². The molecule has 0 spiro atoms. The zero-order valence-corrected chi connectivity index (χ0v) is 29.5. The Kier molecular flexibility index (Phi) is 6.73. The van der Waals surface area contributed by atoms with Crippen molar-refractivity contribution in [2.24, 2.45) is 0 Å². The average molecular weight is 694 g/mol. The van der Waals surface area contributed by atoms with Crippen LogP contribution in [0.2, 0.25) is 0 Å². The first-order chi connectivity index (χ1) is 26.3. The standard InChI is InChI=1S/C49H31N3S/c1-2-12-32(13-3-1)33-22-26-36(27-23-33)51-43-18-8-4-14-37(43)40-30-34(24-28-46(40)51)35-25-29-47-41(31-35)38-15-5-9-19-44(38)52(47)45-20-10-6-16-39(45)49-50-42-17-7-11-21-48(42)53-49/h1-31H. The molecule has 0 aliphatic carbocycles. The van der Waals surface area contributed by atoms with E-state index in [9.17, 15) is 0 Å². The smallest absolute Gasteiger partial charge is 0.126 e. The molecule has 4 heteroatoms. The molecule has 0 amide bonds. The van der Waals surface area contributed by atoms with Gasteiger partial charge in [-0.05, 0) is 95.1 Å². The SMILES string of the molecule is c1ccc(-c2ccc(-n3c4ccccc4c4cc(-c5ccc6c(c5)c5ccccc5n6-c5ccccc5-c5nc6ccccc6s5)ccc43)cc2)cc1. The van der Waals surface area contributed by atoms with Crippen molar-refractivity contribution in [2.45, 2.75) is 0 Å². The Morgan fingerprint density at radius 3 is 1.62 bits per heavy atom. The number of hydrogen-bond donors (Lipinski definition) is 0. The quantitative estimate of drug-likeness (QED) is 0.176. The molecule has 53 heavy (non-hydrogen) atoms. The number of para-hydroxylation sites is 4. The van der Waals surface area contributed by atoms with Crippen LogP contribution in [0.5, 0.6) is 0 Å². The molecule has 3 nitrogen and oxygen atoms in total. The molecule has 0 aliphatic heterocycles. The van der Waals surface area contributed by atoms with Crippen molar-refractivity contribution in [1.82, 2.24) is 14.1 Å². The molecule has 0 atom stereocenters. The predicted molar refractivity (Wildman–Crippen MR) is 225 cm³/mol. The highest BCUT2D eigenvalue weighted by molar-refractivity contribution is 7.21. The molecule has 3 heterocycles. The fraction of sp³-hybridized carbons (Fsp3) is 0. The lowest BCUT2D eigenvalue weighted by molar-refractivity contribution is 1.18. The van der Waals surface area contributed by atoms with Crippen molar-refractivity contribution in [2.75, 3.05) is 0 Å². The van der Waals surface area contributed by atoms with Gasteiger partial charge in [0.25, 0.3) is 0 Å². The summed E-state index contributed by atoms with van der Waals surface area (Å²) in [7, 11) is 0. The van der Waals surface area contributed by atoms with Gasteiger partial charge in [-0.3, -0.25) is 0 Å². The van der Waals surface area contributed by atoms with Crippen LogP contribution >= 0.6 is 11.3 Å². The summed E-state index contributed by atoms with van der Waals surface area (Å²) in [5.41, 5.74) is 14.1. The fourth-order valence-electron chi connectivity index (χ4n) is 8.11. The summed E-state index contributed by atoms with van der Waals surface area (Å²) in [6.45, 7) is 0. The fourth-order valence-corrected chi connectivity index (χ4v) is 9.11. The maximum absolute atomic E-state index is 5.05. The van der Waals surface area contributed by atoms with Gasteiger partial charge in [-0.25, -0.2) is 4.98 Å². The minimum absolute atomic E-state index is 1.03. The lowest BCUT2D eigenvalue weighted by Crippen LogP contribution is -1.96. The Morgan fingerprint density at radius 1 is 0.377 bits per heavy atom. The number of nitrogens with zero attached hydrogens (tertiary/aromatic N) is 3. The summed E-state index contributed by atoms with van der Waals surface area (Å²) in [5, 5.41) is 6.00. The van der Waals surface area contributed by atoms with E-state index < -0.39 is 0 Å². The third kappa shape index (κ3) is 4.77. The van der Waals surface area contributed by atoms with E-state index in [1.54, 1.807) is 11.3 Å². The molecular formula is C49H31N3S. The Balaban J connectivity index is 1.05. The summed E-state index contributed by atoms with van der Waals surface area (Å²) < 4.78 is 6.00. The van der Waals surface area contributed by atoms with Gasteiger partial charge in [-0.15, -0.1) is 11.3 Å². The van der Waals surface area contributed by atoms with Crippen LogP contribution in [0, 0.1) is 0 Å². The normalized spacial score (nSPS) is 11.8. The van der Waals surface area contributed by atoms with Crippen molar-refractivity contribution in [1.29, 1.82) is 0 Å². The molecular weight excluding hydrogens is 663 g/mol. The Morgan fingerprint density at radius 2 is 0.906 bits per heavy atom. The highest BCUT2D eigenvalue weighted by Gasteiger charge is 2.19. The van der Waals surface area contributed by atoms with Crippen molar-refractivity contribution < 1.29 is 0 Å². The summed E-state index contributed by atoms with van der Waals surface area (Å²) >= 11 is 1.75. The number of hydrogen-bond acceptors (Lipinski definition) is 2. The third-order valence-electron chi connectivity index (χ3n) is 10.6. The number of aromatic nitrogens is 3. The topological polar surface area (TPSA) is 22.8 Å². The van der Waals surface area contributed by atoms with E-state index in [2.05, 4.69) is 197 Å². The Hall–Kier alpha value is -6.75. The van der Waals surface area contributed by atoms with Gasteiger partial charge in [-0.1, -0.05) is 115 Å². The van der Waals surface area contributed by atoms with E-state index in [1.165, 1.54) is 70.6 Å². The highest BCUT2D eigenvalue weighted by atomic mass is 32.1. The Labute approximate surface area is 310 Å². The van der Waals surface area contributed by atoms with E-state index in [1.807, 2.05) is 0 Å². The maximum atomic E-state index is 5.05. The molecule has 0 saturated carbocycles. The van der Waals surface area contributed by atoms with Crippen molar-refractivity contribution >= 4 is 65.2 Å². The van der Waals surface area contributed by atoms with Crippen molar-refractivity contribution in [3.63, 3.8) is 0 Å². The minimum atomic E-state index is 1.03. The number of rotatable bonds is 5. The van der Waals surface area contributed by atoms with Gasteiger partial charge < -0.3 is 9.13 Å². The molecule has 3 aromatic heterocycles. The summed E-state index contributed by atoms with van der Waals surface area (Å²) in [6.07, 6.45) is 0. The van der Waals surface area contributed by atoms with Crippen LogP contribution in [0.1, 0.15) is 0 Å². The molecule has 0 unspecified atom stereocenters. The van der Waals surface area contributed by atoms with Crippen molar-refractivity contribution in [3.05, 3.63) is 188 Å². The van der Waals surface area contributed by atoms with E-state index in [0.29, 0.717) is 0 Å². The molecule has 11 rings (SSSR count). The molecule has 11 aromatic rings. The van der Waals surface area contributed by atoms with Crippen LogP contribution in [-0.4, -0.2) is 14.1 Å². The van der Waals surface area contributed by atoms with Crippen molar-refractivity contribution in [3.8, 4) is 44.2 Å². The first kappa shape index (κ1) is 29.9. The Bertz CT molecular complexity index is 3130. The molecule has 0 bridgehead atoms. The first-order valence-corrected chi connectivity index (χ1v) is 18.8. The van der Waals surface area contributed by atoms with E-state index in [0.717, 1.165) is 27.5 Å². The van der Waals surface area contributed by atoms with E-state index >= 15 is 0 Å². The number of thiazole rings is 1. The van der Waals surface area contributed by atoms with E-state index in [-0.39, 0.29) is 0 Å². The second kappa shape index (κ2) is 11.9. The van der Waals surface area contributed by atoms with Crippen LogP contribution in [0.25, 0.3) is 98.0 Å². The van der Waals surface area contributed by atoms with E-state index in [4.69, 9.17) is 4.98 Å². The molecule has 0 saturated heterocycles. The monoisotopic (exact) mass is 693 g/mol. The lowest BCUT2D eigenvalue weighted by atomic mass is 10.0. The lowest BCUT2D eigenvalue weighted by Gasteiger charge is -2.12. The first-order valence-electron chi connectivity index (χ1n) is 18.0. The molecule has 0 radical (unpaired) electrons. The van der Waals surface area contributed by atoms with Gasteiger partial charge in [0, 0.05) is 32.8 Å². The minimum Gasteiger partial charge on any atom is -0.309 e. The van der Waals surface area contributed by atoms with Gasteiger partial charge in [-0.2, -0.15) is 0 Å². The van der Waals surface area contributed by atoms with Crippen LogP contribution in [0.15, 0.2) is 188 Å². The van der Waals surface area contributed by atoms with Gasteiger partial charge in [0.2, 0.25) is 0 Å². The number of fused-ring (bicyclic) bond motifs is 7. The van der Waals surface area contributed by atoms with Crippen LogP contribution < -0.4 is 0 Å². The van der Waals surface area contributed by atoms with Gasteiger partial charge in [0.1, 0.15) is 5.01 Å². The number of benzene rings is 8. The molecule has 8 aromatic carbocycles.